The molecule has 1 unspecified atom stereocenters. The van der Waals surface area contributed by atoms with E-state index in [0.717, 1.165) is 12.0 Å². The summed E-state index contributed by atoms with van der Waals surface area (Å²) >= 11 is 0. The van der Waals surface area contributed by atoms with Crippen molar-refractivity contribution in [3.63, 3.8) is 0 Å². The van der Waals surface area contributed by atoms with E-state index in [-0.39, 0.29) is 17.6 Å². The van der Waals surface area contributed by atoms with Gasteiger partial charge in [0.1, 0.15) is 11.5 Å². The van der Waals surface area contributed by atoms with E-state index in [9.17, 15) is 9.90 Å². The molecule has 104 valence electrons. The van der Waals surface area contributed by atoms with E-state index in [1.54, 1.807) is 12.1 Å². The van der Waals surface area contributed by atoms with Crippen LogP contribution in [0.2, 0.25) is 0 Å². The van der Waals surface area contributed by atoms with Gasteiger partial charge in [0, 0.05) is 6.07 Å². The first kappa shape index (κ1) is 13.7. The molecular formula is C15H20O4. The molecule has 0 heterocycles. The van der Waals surface area contributed by atoms with Crippen LogP contribution in [0, 0.1) is 5.92 Å². The van der Waals surface area contributed by atoms with Crippen molar-refractivity contribution in [2.75, 3.05) is 13.7 Å². The minimum Gasteiger partial charge on any atom is -0.508 e. The number of esters is 1. The molecule has 0 spiro atoms. The van der Waals surface area contributed by atoms with Gasteiger partial charge in [-0.2, -0.15) is 0 Å². The van der Waals surface area contributed by atoms with E-state index in [1.807, 2.05) is 13.0 Å². The van der Waals surface area contributed by atoms with Gasteiger partial charge in [-0.25, -0.2) is 0 Å². The number of benzene rings is 1. The van der Waals surface area contributed by atoms with E-state index in [4.69, 9.17) is 9.47 Å². The maximum Gasteiger partial charge on any atom is 0.313 e. The maximum absolute atomic E-state index is 11.9. The number of rotatable bonds is 6. The first-order valence-corrected chi connectivity index (χ1v) is 6.68. The smallest absolute Gasteiger partial charge is 0.313 e. The summed E-state index contributed by atoms with van der Waals surface area (Å²) in [5, 5.41) is 9.74. The van der Waals surface area contributed by atoms with Crippen molar-refractivity contribution in [1.82, 2.24) is 0 Å². The van der Waals surface area contributed by atoms with Crippen molar-refractivity contribution >= 4 is 5.97 Å². The van der Waals surface area contributed by atoms with Gasteiger partial charge in [-0.1, -0.05) is 12.8 Å². The number of carbonyl (C=O) groups is 1. The lowest BCUT2D eigenvalue weighted by molar-refractivity contribution is -0.142. The Bertz CT molecular complexity index is 451. The van der Waals surface area contributed by atoms with Crippen LogP contribution >= 0.6 is 0 Å². The summed E-state index contributed by atoms with van der Waals surface area (Å²) in [7, 11) is 1.40. The molecule has 0 aliphatic heterocycles. The number of phenols is 1. The summed E-state index contributed by atoms with van der Waals surface area (Å²) in [4.78, 5) is 11.9. The fourth-order valence-electron chi connectivity index (χ4n) is 2.25. The minimum absolute atomic E-state index is 0.116. The number of methoxy groups -OCH3 is 1. The Morgan fingerprint density at radius 1 is 1.42 bits per heavy atom. The number of phenolic OH excluding ortho intramolecular Hbond substituents is 1. The van der Waals surface area contributed by atoms with Crippen LogP contribution in [0.4, 0.5) is 0 Å². The summed E-state index contributed by atoms with van der Waals surface area (Å²) in [5.41, 5.74) is 0.766. The van der Waals surface area contributed by atoms with E-state index in [2.05, 4.69) is 0 Å². The van der Waals surface area contributed by atoms with E-state index < -0.39 is 0 Å². The van der Waals surface area contributed by atoms with Crippen molar-refractivity contribution in [3.8, 4) is 11.5 Å². The van der Waals surface area contributed by atoms with Crippen LogP contribution in [-0.2, 0) is 9.53 Å². The second kappa shape index (κ2) is 5.95. The Hall–Kier alpha value is -1.71. The molecule has 19 heavy (non-hydrogen) atoms. The van der Waals surface area contributed by atoms with Gasteiger partial charge < -0.3 is 14.6 Å². The molecule has 1 aliphatic carbocycles. The van der Waals surface area contributed by atoms with Crippen molar-refractivity contribution in [1.29, 1.82) is 0 Å². The van der Waals surface area contributed by atoms with Crippen molar-refractivity contribution in [3.05, 3.63) is 23.8 Å². The largest absolute Gasteiger partial charge is 0.508 e. The van der Waals surface area contributed by atoms with Crippen LogP contribution < -0.4 is 4.74 Å². The predicted octanol–water partition coefficient (Wildman–Crippen LogP) is 2.85. The Morgan fingerprint density at radius 3 is 2.74 bits per heavy atom. The maximum atomic E-state index is 11.9. The SMILES string of the molecule is CCOc1cc(O)cc(C(CC2CC2)C(=O)OC)c1. The van der Waals surface area contributed by atoms with Gasteiger partial charge in [-0.05, 0) is 37.0 Å². The zero-order valence-electron chi connectivity index (χ0n) is 11.4. The molecule has 0 amide bonds. The molecule has 4 heteroatoms. The third-order valence-corrected chi connectivity index (χ3v) is 3.38. The molecule has 1 aliphatic rings. The van der Waals surface area contributed by atoms with E-state index in [1.165, 1.54) is 20.0 Å². The minimum atomic E-state index is -0.316. The molecule has 1 fully saturated rings. The van der Waals surface area contributed by atoms with Gasteiger partial charge in [-0.3, -0.25) is 4.79 Å². The number of aromatic hydroxyl groups is 1. The van der Waals surface area contributed by atoms with Crippen molar-refractivity contribution in [2.24, 2.45) is 5.92 Å². The van der Waals surface area contributed by atoms with Gasteiger partial charge >= 0.3 is 5.97 Å². The highest BCUT2D eigenvalue weighted by molar-refractivity contribution is 5.78. The molecule has 0 saturated heterocycles. The van der Waals surface area contributed by atoms with Crippen molar-refractivity contribution < 1.29 is 19.4 Å². The second-order valence-electron chi connectivity index (χ2n) is 4.95. The van der Waals surface area contributed by atoms with Crippen LogP contribution in [0.1, 0.15) is 37.7 Å². The number of carbonyl (C=O) groups excluding carboxylic acids is 1. The molecule has 0 radical (unpaired) electrons. The zero-order valence-corrected chi connectivity index (χ0v) is 11.4. The first-order chi connectivity index (χ1) is 9.13. The second-order valence-corrected chi connectivity index (χ2v) is 4.95. The molecule has 1 aromatic rings. The van der Waals surface area contributed by atoms with Crippen LogP contribution in [0.15, 0.2) is 18.2 Å². The van der Waals surface area contributed by atoms with Gasteiger partial charge in [0.05, 0.1) is 19.6 Å². The molecule has 1 saturated carbocycles. The zero-order chi connectivity index (χ0) is 13.8. The predicted molar refractivity (Wildman–Crippen MR) is 71.4 cm³/mol. The molecule has 0 bridgehead atoms. The Balaban J connectivity index is 2.25. The highest BCUT2D eigenvalue weighted by Crippen LogP contribution is 2.40. The molecule has 1 N–H and O–H groups in total. The topological polar surface area (TPSA) is 55.8 Å². The van der Waals surface area contributed by atoms with Crippen LogP contribution in [0.3, 0.4) is 0 Å². The van der Waals surface area contributed by atoms with E-state index in [0.29, 0.717) is 18.3 Å². The summed E-state index contributed by atoms with van der Waals surface area (Å²) in [5.74, 6) is 0.735. The highest BCUT2D eigenvalue weighted by Gasteiger charge is 2.31. The Kier molecular flexibility index (Phi) is 4.30. The molecule has 0 aromatic heterocycles. The van der Waals surface area contributed by atoms with Crippen LogP contribution in [0.25, 0.3) is 0 Å². The van der Waals surface area contributed by atoms with Gasteiger partial charge in [0.15, 0.2) is 0 Å². The molecule has 1 aromatic carbocycles. The van der Waals surface area contributed by atoms with Crippen molar-refractivity contribution in [2.45, 2.75) is 32.1 Å². The number of hydrogen-bond acceptors (Lipinski definition) is 4. The third-order valence-electron chi connectivity index (χ3n) is 3.38. The van der Waals surface area contributed by atoms with Crippen LogP contribution in [-0.4, -0.2) is 24.8 Å². The van der Waals surface area contributed by atoms with E-state index >= 15 is 0 Å². The summed E-state index contributed by atoms with van der Waals surface area (Å²) in [6.07, 6.45) is 3.12. The lowest BCUT2D eigenvalue weighted by atomic mass is 9.93. The van der Waals surface area contributed by atoms with Gasteiger partial charge in [-0.15, -0.1) is 0 Å². The highest BCUT2D eigenvalue weighted by atomic mass is 16.5. The third kappa shape index (κ3) is 3.63. The molecule has 1 atom stereocenters. The fraction of sp³-hybridized carbons (Fsp3) is 0.533. The summed E-state index contributed by atoms with van der Waals surface area (Å²) in [6, 6.07) is 4.98. The Morgan fingerprint density at radius 2 is 2.16 bits per heavy atom. The molecule has 2 rings (SSSR count). The summed E-state index contributed by atoms with van der Waals surface area (Å²) in [6.45, 7) is 2.40. The quantitative estimate of drug-likeness (QED) is 0.803. The standard InChI is InChI=1S/C15H20O4/c1-3-19-13-8-11(7-12(16)9-13)14(15(17)18-2)6-10-4-5-10/h7-10,14,16H,3-6H2,1-2H3. The lowest BCUT2D eigenvalue weighted by Crippen LogP contribution is -2.15. The average Bonchev–Trinajstić information content (AvgIpc) is 3.18. The van der Waals surface area contributed by atoms with Gasteiger partial charge in [0.2, 0.25) is 0 Å². The monoisotopic (exact) mass is 264 g/mol. The first-order valence-electron chi connectivity index (χ1n) is 6.68. The molecular weight excluding hydrogens is 244 g/mol. The number of hydrogen-bond donors (Lipinski definition) is 1. The number of ether oxygens (including phenoxy) is 2. The Labute approximate surface area is 113 Å². The fourth-order valence-corrected chi connectivity index (χ4v) is 2.25. The normalized spacial score (nSPS) is 15.9. The lowest BCUT2D eigenvalue weighted by Gasteiger charge is -2.16. The molecule has 4 nitrogen and oxygen atoms in total. The van der Waals surface area contributed by atoms with Gasteiger partial charge in [0.25, 0.3) is 0 Å². The van der Waals surface area contributed by atoms with Crippen LogP contribution in [0.5, 0.6) is 11.5 Å². The summed E-state index contributed by atoms with van der Waals surface area (Å²) < 4.78 is 10.3. The average molecular weight is 264 g/mol.